The Bertz CT molecular complexity index is 1210. The van der Waals surface area contributed by atoms with Crippen LogP contribution >= 0.6 is 11.3 Å². The fourth-order valence-electron chi connectivity index (χ4n) is 2.57. The van der Waals surface area contributed by atoms with Gasteiger partial charge in [-0.3, -0.25) is 4.79 Å². The molecule has 11 heteroatoms. The van der Waals surface area contributed by atoms with Crippen LogP contribution in [-0.2, 0) is 26.2 Å². The number of nitrogens with zero attached hydrogens (tertiary/aromatic N) is 1. The predicted molar refractivity (Wildman–Crippen MR) is 119 cm³/mol. The molecular weight excluding hydrogens is 454 g/mol. The maximum absolute atomic E-state index is 12.3. The average Bonchev–Trinajstić information content (AvgIpc) is 3.17. The van der Waals surface area contributed by atoms with Crippen LogP contribution in [0.25, 0.3) is 0 Å². The van der Waals surface area contributed by atoms with Gasteiger partial charge >= 0.3 is 5.97 Å². The summed E-state index contributed by atoms with van der Waals surface area (Å²) in [6.45, 7) is 3.67. The molecule has 0 aliphatic rings. The zero-order valence-electron chi connectivity index (χ0n) is 17.3. The van der Waals surface area contributed by atoms with Crippen LogP contribution in [0.15, 0.2) is 58.8 Å². The van der Waals surface area contributed by atoms with E-state index < -0.39 is 28.0 Å². The van der Waals surface area contributed by atoms with E-state index in [-0.39, 0.29) is 10.5 Å². The number of amides is 1. The van der Waals surface area contributed by atoms with Crippen molar-refractivity contribution in [3.63, 3.8) is 0 Å². The highest BCUT2D eigenvalue weighted by Gasteiger charge is 2.19. The van der Waals surface area contributed by atoms with Crippen molar-refractivity contribution < 1.29 is 27.5 Å². The second-order valence-electron chi connectivity index (χ2n) is 6.78. The SMILES string of the molecule is Cc1nc(COc2ccc(C(=O)OC(C)C(=O)Nc3ccc(S(N)(=O)=O)cc3)cc2)cs1. The van der Waals surface area contributed by atoms with E-state index in [1.807, 2.05) is 12.3 Å². The van der Waals surface area contributed by atoms with Crippen LogP contribution in [0.3, 0.4) is 0 Å². The number of benzene rings is 2. The molecule has 2 aromatic carbocycles. The molecule has 1 unspecified atom stereocenters. The molecule has 0 spiro atoms. The van der Waals surface area contributed by atoms with Gasteiger partial charge in [0.2, 0.25) is 10.0 Å². The van der Waals surface area contributed by atoms with Gasteiger partial charge < -0.3 is 14.8 Å². The number of primary sulfonamides is 1. The van der Waals surface area contributed by atoms with Crippen molar-refractivity contribution in [3.05, 3.63) is 70.2 Å². The minimum atomic E-state index is -3.82. The predicted octanol–water partition coefficient (Wildman–Crippen LogP) is 2.86. The molecule has 3 N–H and O–H groups in total. The number of nitrogens with one attached hydrogen (secondary N) is 1. The third-order valence-corrected chi connectivity index (χ3v) is 6.00. The van der Waals surface area contributed by atoms with E-state index in [4.69, 9.17) is 14.6 Å². The Morgan fingerprint density at radius 1 is 1.12 bits per heavy atom. The van der Waals surface area contributed by atoms with Crippen LogP contribution in [-0.4, -0.2) is 31.4 Å². The minimum Gasteiger partial charge on any atom is -0.487 e. The van der Waals surface area contributed by atoms with Crippen molar-refractivity contribution >= 4 is 38.9 Å². The Hall–Kier alpha value is -3.28. The number of aromatic nitrogens is 1. The molecule has 1 atom stereocenters. The van der Waals surface area contributed by atoms with Crippen molar-refractivity contribution in [1.29, 1.82) is 0 Å². The molecule has 3 aromatic rings. The Morgan fingerprint density at radius 2 is 1.78 bits per heavy atom. The summed E-state index contributed by atoms with van der Waals surface area (Å²) in [6.07, 6.45) is -1.08. The summed E-state index contributed by atoms with van der Waals surface area (Å²) < 4.78 is 33.4. The molecule has 3 rings (SSSR count). The second kappa shape index (κ2) is 9.90. The fraction of sp³-hybridized carbons (Fsp3) is 0.190. The van der Waals surface area contributed by atoms with Crippen LogP contribution in [0.4, 0.5) is 5.69 Å². The molecule has 0 radical (unpaired) electrons. The van der Waals surface area contributed by atoms with Crippen molar-refractivity contribution in [3.8, 4) is 5.75 Å². The third-order valence-electron chi connectivity index (χ3n) is 4.25. The zero-order chi connectivity index (χ0) is 23.3. The van der Waals surface area contributed by atoms with Gasteiger partial charge in [0.05, 0.1) is 21.2 Å². The summed E-state index contributed by atoms with van der Waals surface area (Å²) in [6, 6.07) is 11.7. The van der Waals surface area contributed by atoms with E-state index in [0.29, 0.717) is 18.0 Å². The number of ether oxygens (including phenoxy) is 2. The molecule has 0 bridgehead atoms. The standard InChI is InChI=1S/C21H21N3O6S2/c1-13(20(25)24-16-5-9-19(10-6-16)32(22,27)28)30-21(26)15-3-7-18(8-4-15)29-11-17-12-31-14(2)23-17/h3-10,12-13H,11H2,1-2H3,(H,24,25)(H2,22,27,28). The van der Waals surface area contributed by atoms with Crippen LogP contribution in [0.1, 0.15) is 28.0 Å². The number of hydrogen-bond acceptors (Lipinski definition) is 8. The van der Waals surface area contributed by atoms with Gasteiger partial charge in [-0.1, -0.05) is 0 Å². The number of nitrogens with two attached hydrogens (primary N) is 1. The lowest BCUT2D eigenvalue weighted by Gasteiger charge is -2.14. The third kappa shape index (κ3) is 6.36. The lowest BCUT2D eigenvalue weighted by molar-refractivity contribution is -0.123. The number of carbonyl (C=O) groups excluding carboxylic acids is 2. The number of carbonyl (C=O) groups is 2. The van der Waals surface area contributed by atoms with E-state index in [1.165, 1.54) is 31.2 Å². The molecule has 0 aliphatic heterocycles. The largest absolute Gasteiger partial charge is 0.487 e. The Balaban J connectivity index is 1.52. The quantitative estimate of drug-likeness (QED) is 0.478. The summed E-state index contributed by atoms with van der Waals surface area (Å²) in [5, 5.41) is 10.5. The van der Waals surface area contributed by atoms with Gasteiger partial charge in [0.25, 0.3) is 5.91 Å². The first-order valence-electron chi connectivity index (χ1n) is 9.40. The molecule has 0 fully saturated rings. The van der Waals surface area contributed by atoms with Crippen LogP contribution in [0, 0.1) is 6.92 Å². The summed E-state index contributed by atoms with van der Waals surface area (Å²) >= 11 is 1.54. The summed E-state index contributed by atoms with van der Waals surface area (Å²) in [5.41, 5.74) is 1.43. The minimum absolute atomic E-state index is 0.0795. The van der Waals surface area contributed by atoms with E-state index >= 15 is 0 Å². The van der Waals surface area contributed by atoms with E-state index in [2.05, 4.69) is 10.3 Å². The Morgan fingerprint density at radius 3 is 2.34 bits per heavy atom. The zero-order valence-corrected chi connectivity index (χ0v) is 18.9. The molecule has 1 heterocycles. The molecule has 32 heavy (non-hydrogen) atoms. The highest BCUT2D eigenvalue weighted by atomic mass is 32.2. The van der Waals surface area contributed by atoms with E-state index in [0.717, 1.165) is 10.7 Å². The number of hydrogen-bond donors (Lipinski definition) is 2. The van der Waals surface area contributed by atoms with Gasteiger partial charge in [0, 0.05) is 11.1 Å². The molecular formula is C21H21N3O6S2. The Kier molecular flexibility index (Phi) is 7.23. The highest BCUT2D eigenvalue weighted by Crippen LogP contribution is 2.17. The van der Waals surface area contributed by atoms with Crippen LogP contribution < -0.4 is 15.2 Å². The number of esters is 1. The Labute approximate surface area is 189 Å². The first-order valence-corrected chi connectivity index (χ1v) is 11.8. The molecule has 168 valence electrons. The van der Waals surface area contributed by atoms with Crippen molar-refractivity contribution in [2.75, 3.05) is 5.32 Å². The summed E-state index contributed by atoms with van der Waals surface area (Å²) in [4.78, 5) is 28.8. The maximum Gasteiger partial charge on any atom is 0.338 e. The first kappa shape index (κ1) is 23.4. The smallest absolute Gasteiger partial charge is 0.338 e. The van der Waals surface area contributed by atoms with E-state index in [9.17, 15) is 18.0 Å². The number of sulfonamides is 1. The van der Waals surface area contributed by atoms with Crippen molar-refractivity contribution in [1.82, 2.24) is 4.98 Å². The molecule has 1 amide bonds. The molecule has 0 saturated carbocycles. The summed E-state index contributed by atoms with van der Waals surface area (Å²) in [5.74, 6) is -0.667. The fourth-order valence-corrected chi connectivity index (χ4v) is 3.69. The highest BCUT2D eigenvalue weighted by molar-refractivity contribution is 7.89. The van der Waals surface area contributed by atoms with Gasteiger partial charge in [-0.05, 0) is 62.4 Å². The van der Waals surface area contributed by atoms with Crippen LogP contribution in [0.5, 0.6) is 5.75 Å². The average molecular weight is 476 g/mol. The van der Waals surface area contributed by atoms with Crippen molar-refractivity contribution in [2.45, 2.75) is 31.5 Å². The number of thiazole rings is 1. The topological polar surface area (TPSA) is 138 Å². The summed E-state index contributed by atoms with van der Waals surface area (Å²) in [7, 11) is -3.82. The first-order chi connectivity index (χ1) is 15.1. The molecule has 1 aromatic heterocycles. The normalized spacial score (nSPS) is 12.1. The lowest BCUT2D eigenvalue weighted by atomic mass is 10.2. The van der Waals surface area contributed by atoms with Gasteiger partial charge in [-0.15, -0.1) is 11.3 Å². The molecule has 0 aliphatic carbocycles. The molecule has 9 nitrogen and oxygen atoms in total. The number of anilines is 1. The van der Waals surface area contributed by atoms with Crippen LogP contribution in [0.2, 0.25) is 0 Å². The van der Waals surface area contributed by atoms with Gasteiger partial charge in [0.1, 0.15) is 12.4 Å². The molecule has 0 saturated heterocycles. The van der Waals surface area contributed by atoms with Gasteiger partial charge in [-0.2, -0.15) is 0 Å². The van der Waals surface area contributed by atoms with Crippen molar-refractivity contribution in [2.24, 2.45) is 5.14 Å². The number of aryl methyl sites for hydroxylation is 1. The second-order valence-corrected chi connectivity index (χ2v) is 9.40. The lowest BCUT2D eigenvalue weighted by Crippen LogP contribution is -2.30. The number of rotatable bonds is 8. The van der Waals surface area contributed by atoms with E-state index in [1.54, 1.807) is 35.6 Å². The maximum atomic E-state index is 12.3. The monoisotopic (exact) mass is 475 g/mol. The van der Waals surface area contributed by atoms with Gasteiger partial charge in [0.15, 0.2) is 6.10 Å². The van der Waals surface area contributed by atoms with Gasteiger partial charge in [-0.25, -0.2) is 23.3 Å².